The lowest BCUT2D eigenvalue weighted by Crippen LogP contribution is -2.15. The van der Waals surface area contributed by atoms with E-state index in [1.165, 1.54) is 22.3 Å². The minimum Gasteiger partial charge on any atom is -0.309 e. The first kappa shape index (κ1) is 16.8. The van der Waals surface area contributed by atoms with Crippen molar-refractivity contribution in [3.05, 3.63) is 95.3 Å². The minimum absolute atomic E-state index is 0.0223. The van der Waals surface area contributed by atoms with Crippen LogP contribution in [0.15, 0.2) is 79.1 Å². The molecule has 0 saturated carbocycles. The lowest BCUT2D eigenvalue weighted by atomic mass is 9.82. The molecular weight excluding hydrogens is 376 g/mol. The third-order valence-electron chi connectivity index (χ3n) is 6.35. The van der Waals surface area contributed by atoms with Crippen molar-refractivity contribution < 1.29 is 0 Å². The van der Waals surface area contributed by atoms with E-state index in [0.29, 0.717) is 0 Å². The Balaban J connectivity index is 1.67. The van der Waals surface area contributed by atoms with E-state index in [9.17, 15) is 0 Å². The second-order valence-electron chi connectivity index (χ2n) is 8.29. The van der Waals surface area contributed by atoms with Crippen LogP contribution in [0.4, 0.5) is 0 Å². The van der Waals surface area contributed by atoms with Gasteiger partial charge in [-0.3, -0.25) is 4.98 Å². The molecule has 6 rings (SSSR count). The highest BCUT2D eigenvalue weighted by molar-refractivity contribution is 6.31. The maximum absolute atomic E-state index is 6.31. The van der Waals surface area contributed by atoms with Crippen LogP contribution in [-0.4, -0.2) is 9.55 Å². The van der Waals surface area contributed by atoms with E-state index in [0.717, 1.165) is 32.5 Å². The second-order valence-corrected chi connectivity index (χ2v) is 8.73. The summed E-state index contributed by atoms with van der Waals surface area (Å²) in [7, 11) is 0. The fourth-order valence-electron chi connectivity index (χ4n) is 4.95. The summed E-state index contributed by atoms with van der Waals surface area (Å²) < 4.78 is 2.32. The fraction of sp³-hybridized carbons (Fsp3) is 0.115. The van der Waals surface area contributed by atoms with E-state index in [-0.39, 0.29) is 5.41 Å². The van der Waals surface area contributed by atoms with E-state index in [1.807, 2.05) is 24.5 Å². The molecule has 0 atom stereocenters. The zero-order chi connectivity index (χ0) is 19.8. The number of hydrogen-bond acceptors (Lipinski definition) is 1. The summed E-state index contributed by atoms with van der Waals surface area (Å²) in [6.07, 6.45) is 3.78. The fourth-order valence-corrected chi connectivity index (χ4v) is 5.12. The number of pyridine rings is 1. The first-order valence-electron chi connectivity index (χ1n) is 9.84. The molecule has 0 aliphatic heterocycles. The summed E-state index contributed by atoms with van der Waals surface area (Å²) in [5, 5.41) is 2.99. The average Bonchev–Trinajstić information content (AvgIpc) is 3.18. The Hall–Kier alpha value is -3.10. The Morgan fingerprint density at radius 2 is 1.59 bits per heavy atom. The van der Waals surface area contributed by atoms with Crippen LogP contribution in [0.5, 0.6) is 0 Å². The molecule has 0 saturated heterocycles. The van der Waals surface area contributed by atoms with Gasteiger partial charge in [-0.05, 0) is 58.7 Å². The van der Waals surface area contributed by atoms with Crippen molar-refractivity contribution in [3.8, 4) is 16.8 Å². The number of benzene rings is 3. The van der Waals surface area contributed by atoms with E-state index < -0.39 is 0 Å². The van der Waals surface area contributed by atoms with Gasteiger partial charge in [0.2, 0.25) is 0 Å². The van der Waals surface area contributed by atoms with Crippen LogP contribution in [-0.2, 0) is 5.41 Å². The van der Waals surface area contributed by atoms with Gasteiger partial charge in [0, 0.05) is 39.3 Å². The van der Waals surface area contributed by atoms with Crippen LogP contribution < -0.4 is 0 Å². The number of aromatic nitrogens is 2. The Kier molecular flexibility index (Phi) is 3.31. The lowest BCUT2D eigenvalue weighted by Gasteiger charge is -2.22. The van der Waals surface area contributed by atoms with Gasteiger partial charge in [-0.1, -0.05) is 55.8 Å². The Morgan fingerprint density at radius 3 is 2.48 bits per heavy atom. The number of halogens is 1. The summed E-state index contributed by atoms with van der Waals surface area (Å²) in [5.74, 6) is 0. The normalized spacial score (nSPS) is 14.3. The van der Waals surface area contributed by atoms with Gasteiger partial charge in [0.15, 0.2) is 0 Å². The summed E-state index contributed by atoms with van der Waals surface area (Å²) in [4.78, 5) is 4.35. The Bertz CT molecular complexity index is 1440. The molecule has 2 aromatic heterocycles. The number of fused-ring (bicyclic) bond motifs is 6. The van der Waals surface area contributed by atoms with Crippen LogP contribution in [0.25, 0.3) is 38.6 Å². The molecule has 3 heteroatoms. The molecule has 0 spiro atoms. The average molecular weight is 395 g/mol. The van der Waals surface area contributed by atoms with Crippen LogP contribution in [0.1, 0.15) is 25.0 Å². The first-order valence-corrected chi connectivity index (χ1v) is 10.2. The molecule has 1 aliphatic carbocycles. The van der Waals surface area contributed by atoms with Crippen LogP contribution in [0.3, 0.4) is 0 Å². The van der Waals surface area contributed by atoms with Crippen molar-refractivity contribution in [2.24, 2.45) is 0 Å². The molecule has 0 unspecified atom stereocenters. The van der Waals surface area contributed by atoms with Gasteiger partial charge < -0.3 is 4.57 Å². The summed E-state index contributed by atoms with van der Waals surface area (Å²) in [6.45, 7) is 4.63. The van der Waals surface area contributed by atoms with E-state index in [2.05, 4.69) is 78.0 Å². The molecular formula is C26H19ClN2. The maximum Gasteiger partial charge on any atom is 0.0571 e. The van der Waals surface area contributed by atoms with Crippen LogP contribution >= 0.6 is 11.6 Å². The SMILES string of the molecule is CC1(C)c2ccccc2-c2ccc(-n3c4ccncc4c4cc(Cl)ccc43)cc21. The monoisotopic (exact) mass is 394 g/mol. The zero-order valence-electron chi connectivity index (χ0n) is 16.3. The van der Waals surface area contributed by atoms with Gasteiger partial charge in [0.1, 0.15) is 0 Å². The quantitative estimate of drug-likeness (QED) is 0.295. The molecule has 2 nitrogen and oxygen atoms in total. The van der Waals surface area contributed by atoms with Gasteiger partial charge in [-0.2, -0.15) is 0 Å². The highest BCUT2D eigenvalue weighted by Crippen LogP contribution is 2.49. The maximum atomic E-state index is 6.31. The highest BCUT2D eigenvalue weighted by Gasteiger charge is 2.35. The van der Waals surface area contributed by atoms with Crippen molar-refractivity contribution in [2.45, 2.75) is 19.3 Å². The van der Waals surface area contributed by atoms with E-state index in [1.54, 1.807) is 0 Å². The van der Waals surface area contributed by atoms with Gasteiger partial charge in [-0.25, -0.2) is 0 Å². The molecule has 0 fully saturated rings. The topological polar surface area (TPSA) is 17.8 Å². The van der Waals surface area contributed by atoms with Crippen molar-refractivity contribution >= 4 is 33.4 Å². The third-order valence-corrected chi connectivity index (χ3v) is 6.59. The molecule has 29 heavy (non-hydrogen) atoms. The summed E-state index contributed by atoms with van der Waals surface area (Å²) >= 11 is 6.31. The summed E-state index contributed by atoms with van der Waals surface area (Å²) in [5.41, 5.74) is 8.87. The number of hydrogen-bond donors (Lipinski definition) is 0. The van der Waals surface area contributed by atoms with Crippen LogP contribution in [0.2, 0.25) is 5.02 Å². The van der Waals surface area contributed by atoms with Gasteiger partial charge in [0.25, 0.3) is 0 Å². The van der Waals surface area contributed by atoms with Crippen molar-refractivity contribution in [2.75, 3.05) is 0 Å². The molecule has 5 aromatic rings. The standard InChI is InChI=1S/C26H19ClN2/c1-26(2)22-6-4-3-5-18(22)19-9-8-17(14-23(19)26)29-24-10-7-16(27)13-20(24)21-15-28-12-11-25(21)29/h3-15H,1-2H3. The lowest BCUT2D eigenvalue weighted by molar-refractivity contribution is 0.660. The Morgan fingerprint density at radius 1 is 0.793 bits per heavy atom. The largest absolute Gasteiger partial charge is 0.309 e. The molecule has 1 aliphatic rings. The predicted molar refractivity (Wildman–Crippen MR) is 121 cm³/mol. The molecule has 140 valence electrons. The molecule has 0 N–H and O–H groups in total. The van der Waals surface area contributed by atoms with Gasteiger partial charge >= 0.3 is 0 Å². The van der Waals surface area contributed by atoms with Crippen molar-refractivity contribution in [1.82, 2.24) is 9.55 Å². The minimum atomic E-state index is -0.0223. The molecule has 3 aromatic carbocycles. The molecule has 0 amide bonds. The molecule has 2 heterocycles. The first-order chi connectivity index (χ1) is 14.1. The molecule has 0 bridgehead atoms. The predicted octanol–water partition coefficient (Wildman–Crippen LogP) is 7.14. The van der Waals surface area contributed by atoms with Crippen molar-refractivity contribution in [1.29, 1.82) is 0 Å². The van der Waals surface area contributed by atoms with Crippen LogP contribution in [0, 0.1) is 0 Å². The number of rotatable bonds is 1. The second kappa shape index (κ2) is 5.71. The van der Waals surface area contributed by atoms with E-state index >= 15 is 0 Å². The Labute approximate surface area is 174 Å². The van der Waals surface area contributed by atoms with Gasteiger partial charge in [-0.15, -0.1) is 0 Å². The zero-order valence-corrected chi connectivity index (χ0v) is 17.0. The smallest absolute Gasteiger partial charge is 0.0571 e. The van der Waals surface area contributed by atoms with Gasteiger partial charge in [0.05, 0.1) is 11.0 Å². The van der Waals surface area contributed by atoms with E-state index in [4.69, 9.17) is 11.6 Å². The summed E-state index contributed by atoms with van der Waals surface area (Å²) in [6, 6.07) is 23.8. The number of nitrogens with zero attached hydrogens (tertiary/aromatic N) is 2. The third kappa shape index (κ3) is 2.21. The highest BCUT2D eigenvalue weighted by atomic mass is 35.5. The molecule has 0 radical (unpaired) electrons. The van der Waals surface area contributed by atoms with Crippen molar-refractivity contribution in [3.63, 3.8) is 0 Å².